The van der Waals surface area contributed by atoms with Crippen molar-refractivity contribution in [2.45, 2.75) is 38.5 Å². The van der Waals surface area contributed by atoms with Crippen LogP contribution in [0.1, 0.15) is 36.7 Å². The first-order valence-corrected chi connectivity index (χ1v) is 8.40. The molecule has 1 heterocycles. The number of nitrogens with zero attached hydrogens (tertiary/aromatic N) is 2. The average Bonchev–Trinajstić information content (AvgIpc) is 2.72. The number of thioether (sulfide) groups is 1. The van der Waals surface area contributed by atoms with Crippen molar-refractivity contribution in [1.82, 2.24) is 9.78 Å². The summed E-state index contributed by atoms with van der Waals surface area (Å²) in [5, 5.41) is 7.26. The molecule has 1 aromatic carbocycles. The van der Waals surface area contributed by atoms with Crippen molar-refractivity contribution in [3.8, 4) is 0 Å². The number of aryl methyl sites for hydroxylation is 2. The Morgan fingerprint density at radius 3 is 2.41 bits per heavy atom. The monoisotopic (exact) mass is 317 g/mol. The van der Waals surface area contributed by atoms with Crippen LogP contribution >= 0.6 is 11.8 Å². The van der Waals surface area contributed by atoms with Gasteiger partial charge in [0, 0.05) is 11.9 Å². The van der Waals surface area contributed by atoms with Gasteiger partial charge in [-0.1, -0.05) is 26.0 Å². The fraction of sp³-hybridized carbons (Fsp3) is 0.412. The van der Waals surface area contributed by atoms with Gasteiger partial charge in [-0.05, 0) is 37.5 Å². The molecular formula is C17H23N3OS. The topological polar surface area (TPSA) is 46.9 Å². The third-order valence-electron chi connectivity index (χ3n) is 3.69. The summed E-state index contributed by atoms with van der Waals surface area (Å²) in [5.74, 6) is 0.922. The van der Waals surface area contributed by atoms with Gasteiger partial charge in [0.25, 0.3) is 0 Å². The number of amides is 1. The molecule has 0 fully saturated rings. The molecular weight excluding hydrogens is 294 g/mol. The highest BCUT2D eigenvalue weighted by Crippen LogP contribution is 2.23. The molecule has 2 rings (SSSR count). The lowest BCUT2D eigenvalue weighted by atomic mass is 10.0. The molecule has 2 aromatic rings. The fourth-order valence-corrected chi connectivity index (χ4v) is 2.93. The Hall–Kier alpha value is -1.75. The molecule has 0 spiro atoms. The number of anilines is 1. The zero-order valence-electron chi connectivity index (χ0n) is 13.8. The summed E-state index contributed by atoms with van der Waals surface area (Å²) in [6.45, 7) is 8.20. The predicted octanol–water partition coefficient (Wildman–Crippen LogP) is 3.89. The van der Waals surface area contributed by atoms with E-state index in [4.69, 9.17) is 0 Å². The molecule has 1 N–H and O–H groups in total. The highest BCUT2D eigenvalue weighted by molar-refractivity contribution is 8.00. The Bertz CT molecular complexity index is 659. The van der Waals surface area contributed by atoms with Crippen LogP contribution < -0.4 is 5.32 Å². The van der Waals surface area contributed by atoms with E-state index in [2.05, 4.69) is 48.5 Å². The van der Waals surface area contributed by atoms with Crippen molar-refractivity contribution in [3.63, 3.8) is 0 Å². The smallest absolute Gasteiger partial charge is 0.234 e. The van der Waals surface area contributed by atoms with Crippen molar-refractivity contribution >= 4 is 23.4 Å². The van der Waals surface area contributed by atoms with E-state index in [1.807, 2.05) is 20.9 Å². The molecule has 0 saturated carbocycles. The third-order valence-corrected chi connectivity index (χ3v) is 4.70. The molecule has 0 atom stereocenters. The fourth-order valence-electron chi connectivity index (χ4n) is 2.23. The molecule has 1 amide bonds. The number of carbonyl (C=O) groups excluding carboxylic acids is 1. The Kier molecular flexibility index (Phi) is 5.29. The highest BCUT2D eigenvalue weighted by Gasteiger charge is 2.12. The predicted molar refractivity (Wildman–Crippen MR) is 92.6 cm³/mol. The summed E-state index contributed by atoms with van der Waals surface area (Å²) in [6, 6.07) is 8.41. The van der Waals surface area contributed by atoms with Crippen LogP contribution in [0.4, 0.5) is 5.69 Å². The molecule has 118 valence electrons. The first-order valence-electron chi connectivity index (χ1n) is 7.41. The van der Waals surface area contributed by atoms with Crippen molar-refractivity contribution < 1.29 is 4.79 Å². The molecule has 0 saturated heterocycles. The maximum atomic E-state index is 12.1. The summed E-state index contributed by atoms with van der Waals surface area (Å²) in [7, 11) is 1.88. The van der Waals surface area contributed by atoms with E-state index in [-0.39, 0.29) is 5.91 Å². The lowest BCUT2D eigenvalue weighted by molar-refractivity contribution is -0.113. The van der Waals surface area contributed by atoms with Crippen LogP contribution in [0.25, 0.3) is 0 Å². The zero-order chi connectivity index (χ0) is 16.3. The van der Waals surface area contributed by atoms with Gasteiger partial charge in [0.2, 0.25) is 5.91 Å². The lowest BCUT2D eigenvalue weighted by Crippen LogP contribution is -2.15. The summed E-state index contributed by atoms with van der Waals surface area (Å²) in [4.78, 5) is 13.2. The number of aromatic nitrogens is 2. The van der Waals surface area contributed by atoms with Crippen LogP contribution in [0.15, 0.2) is 29.2 Å². The second kappa shape index (κ2) is 7.01. The van der Waals surface area contributed by atoms with Gasteiger partial charge < -0.3 is 5.32 Å². The van der Waals surface area contributed by atoms with Gasteiger partial charge in [0.1, 0.15) is 0 Å². The molecule has 0 bridgehead atoms. The summed E-state index contributed by atoms with van der Waals surface area (Å²) >= 11 is 1.55. The van der Waals surface area contributed by atoms with Crippen molar-refractivity contribution in [3.05, 3.63) is 41.2 Å². The molecule has 5 heteroatoms. The minimum Gasteiger partial charge on any atom is -0.322 e. The minimum atomic E-state index is -0.00265. The van der Waals surface area contributed by atoms with Gasteiger partial charge in [-0.2, -0.15) is 5.10 Å². The van der Waals surface area contributed by atoms with E-state index in [1.165, 1.54) is 5.56 Å². The first-order chi connectivity index (χ1) is 10.4. The Morgan fingerprint density at radius 2 is 1.91 bits per heavy atom. The number of hydrogen-bond acceptors (Lipinski definition) is 3. The van der Waals surface area contributed by atoms with Crippen molar-refractivity contribution in [2.24, 2.45) is 7.05 Å². The van der Waals surface area contributed by atoms with Gasteiger partial charge in [-0.15, -0.1) is 11.8 Å². The van der Waals surface area contributed by atoms with E-state index < -0.39 is 0 Å². The first kappa shape index (κ1) is 16.6. The number of carbonyl (C=O) groups is 1. The van der Waals surface area contributed by atoms with Gasteiger partial charge in [-0.25, -0.2) is 0 Å². The van der Waals surface area contributed by atoms with Gasteiger partial charge in [0.15, 0.2) is 0 Å². The lowest BCUT2D eigenvalue weighted by Gasteiger charge is -2.08. The van der Waals surface area contributed by atoms with Crippen molar-refractivity contribution in [1.29, 1.82) is 0 Å². The largest absolute Gasteiger partial charge is 0.322 e. The van der Waals surface area contributed by atoms with Gasteiger partial charge >= 0.3 is 0 Å². The summed E-state index contributed by atoms with van der Waals surface area (Å²) in [5.41, 5.74) is 3.95. The van der Waals surface area contributed by atoms with E-state index in [9.17, 15) is 4.79 Å². The SMILES string of the molecule is Cc1nn(C)c(C)c1NC(=O)CSc1ccc(C(C)C)cc1. The second-order valence-electron chi connectivity index (χ2n) is 5.73. The molecule has 0 unspecified atom stereocenters. The number of nitrogens with one attached hydrogen (secondary N) is 1. The molecule has 0 aliphatic heterocycles. The zero-order valence-corrected chi connectivity index (χ0v) is 14.6. The van der Waals surface area contributed by atoms with Crippen LogP contribution in [0.3, 0.4) is 0 Å². The molecule has 0 radical (unpaired) electrons. The maximum Gasteiger partial charge on any atom is 0.234 e. The van der Waals surface area contributed by atoms with Crippen LogP contribution in [-0.4, -0.2) is 21.4 Å². The Labute approximate surface area is 136 Å². The number of hydrogen-bond donors (Lipinski definition) is 1. The molecule has 0 aliphatic rings. The van der Waals surface area contributed by atoms with Gasteiger partial charge in [-0.3, -0.25) is 9.48 Å². The Morgan fingerprint density at radius 1 is 1.27 bits per heavy atom. The van der Waals surface area contributed by atoms with Crippen LogP contribution in [0.2, 0.25) is 0 Å². The molecule has 4 nitrogen and oxygen atoms in total. The quantitative estimate of drug-likeness (QED) is 0.851. The highest BCUT2D eigenvalue weighted by atomic mass is 32.2. The van der Waals surface area contributed by atoms with Gasteiger partial charge in [0.05, 0.1) is 22.8 Å². The Balaban J connectivity index is 1.92. The normalized spacial score (nSPS) is 11.0. The molecule has 22 heavy (non-hydrogen) atoms. The average molecular weight is 317 g/mol. The van der Waals surface area contributed by atoms with Crippen LogP contribution in [0.5, 0.6) is 0 Å². The van der Waals surface area contributed by atoms with Crippen LogP contribution in [-0.2, 0) is 11.8 Å². The van der Waals surface area contributed by atoms with E-state index >= 15 is 0 Å². The number of benzene rings is 1. The van der Waals surface area contributed by atoms with Crippen LogP contribution in [0, 0.1) is 13.8 Å². The summed E-state index contributed by atoms with van der Waals surface area (Å²) < 4.78 is 1.78. The minimum absolute atomic E-state index is 0.00265. The van der Waals surface area contributed by atoms with E-state index in [0.29, 0.717) is 11.7 Å². The molecule has 0 aliphatic carbocycles. The molecule has 1 aromatic heterocycles. The second-order valence-corrected chi connectivity index (χ2v) is 6.78. The van der Waals surface area contributed by atoms with Crippen molar-refractivity contribution in [2.75, 3.05) is 11.1 Å². The maximum absolute atomic E-state index is 12.1. The summed E-state index contributed by atoms with van der Waals surface area (Å²) in [6.07, 6.45) is 0. The number of rotatable bonds is 5. The van der Waals surface area contributed by atoms with E-state index in [0.717, 1.165) is 22.0 Å². The third kappa shape index (κ3) is 3.91. The van der Waals surface area contributed by atoms with E-state index in [1.54, 1.807) is 16.4 Å². The standard InChI is InChI=1S/C17H23N3OS/c1-11(2)14-6-8-15(9-7-14)22-10-16(21)18-17-12(3)19-20(5)13(17)4/h6-9,11H,10H2,1-5H3,(H,18,21).